The van der Waals surface area contributed by atoms with Gasteiger partial charge in [-0.15, -0.1) is 0 Å². The van der Waals surface area contributed by atoms with Gasteiger partial charge in [0.1, 0.15) is 18.7 Å². The summed E-state index contributed by atoms with van der Waals surface area (Å²) in [5, 5.41) is 25.6. The summed E-state index contributed by atoms with van der Waals surface area (Å²) < 4.78 is 9.80. The number of pyridine rings is 2. The molecular weight excluding hydrogens is 828 g/mol. The molecule has 5 aromatic rings. The SMILES string of the molecule is CC(C)(CO)[C@@H](O)C(=O)NCCC(=O)ON(Cc1cnc2[nH]c(N)nc(=O)c2n1)c1ccc(C(=O)N[C@@H](CCC(=O)OC(=O)c2cccnc2)C(=O)OC(=O)c2cccnc2)cc1. The maximum Gasteiger partial charge on any atom is 0.347 e. The van der Waals surface area contributed by atoms with Crippen LogP contribution in [0.5, 0.6) is 0 Å². The molecule has 0 fully saturated rings. The number of aliphatic hydroxyl groups excluding tert-OH is 2. The second-order valence-electron chi connectivity index (χ2n) is 14.1. The summed E-state index contributed by atoms with van der Waals surface area (Å²) in [5.74, 6) is -7.17. The van der Waals surface area contributed by atoms with E-state index < -0.39 is 90.7 Å². The standard InChI is InChI=1S/C40H40N10O13/c1-40(2,21-51)31(54)35(57)44-16-13-29(53)63-50(20-25-19-45-32-30(46-25)34(56)49-39(41)48-32)26-9-7-22(8-10-26)33(55)47-27(38(60)62-37(59)24-6-4-15-43-18-24)11-12-28(52)61-36(58)23-5-3-14-42-17-23/h3-10,14-15,17-19,27,31,51,54H,11-13,16,20-21H2,1-2H3,(H,44,57)(H,47,55)(H3,41,45,48,49,56)/t27-,31-/m0/s1. The Morgan fingerprint density at radius 3 is 2.13 bits per heavy atom. The monoisotopic (exact) mass is 868 g/mol. The average Bonchev–Trinajstić information content (AvgIpc) is 3.27. The minimum Gasteiger partial charge on any atom is -0.396 e. The number of hydrogen-bond acceptors (Lipinski definition) is 20. The highest BCUT2D eigenvalue weighted by molar-refractivity contribution is 6.01. The number of carbonyl (C=O) groups is 7. The highest BCUT2D eigenvalue weighted by Gasteiger charge is 2.33. The van der Waals surface area contributed by atoms with E-state index in [9.17, 15) is 48.6 Å². The summed E-state index contributed by atoms with van der Waals surface area (Å²) in [4.78, 5) is 130. The van der Waals surface area contributed by atoms with Gasteiger partial charge in [0.05, 0.1) is 41.7 Å². The van der Waals surface area contributed by atoms with Gasteiger partial charge in [-0.25, -0.2) is 34.2 Å². The first kappa shape index (κ1) is 46.0. The van der Waals surface area contributed by atoms with Crippen molar-refractivity contribution in [1.82, 2.24) is 40.5 Å². The zero-order valence-corrected chi connectivity index (χ0v) is 33.5. The minimum atomic E-state index is -1.62. The van der Waals surface area contributed by atoms with Crippen LogP contribution in [0.4, 0.5) is 11.6 Å². The fraction of sp³-hybridized carbons (Fsp3) is 0.275. The number of aromatic nitrogens is 6. The molecule has 23 heteroatoms. The largest absolute Gasteiger partial charge is 0.396 e. The van der Waals surface area contributed by atoms with Crippen molar-refractivity contribution in [2.24, 2.45) is 5.41 Å². The van der Waals surface area contributed by atoms with Gasteiger partial charge >= 0.3 is 35.4 Å². The molecule has 0 bridgehead atoms. The predicted molar refractivity (Wildman–Crippen MR) is 215 cm³/mol. The van der Waals surface area contributed by atoms with Crippen molar-refractivity contribution in [3.8, 4) is 0 Å². The number of esters is 4. The fourth-order valence-electron chi connectivity index (χ4n) is 5.31. The van der Waals surface area contributed by atoms with Crippen LogP contribution in [0.25, 0.3) is 11.2 Å². The van der Waals surface area contributed by atoms with E-state index in [4.69, 9.17) is 20.0 Å². The number of nitrogens with zero attached hydrogens (tertiary/aromatic N) is 6. The Balaban J connectivity index is 1.32. The molecule has 0 aliphatic heterocycles. The first-order valence-electron chi connectivity index (χ1n) is 18.8. The van der Waals surface area contributed by atoms with E-state index in [0.29, 0.717) is 0 Å². The van der Waals surface area contributed by atoms with Crippen LogP contribution >= 0.6 is 0 Å². The Labute approximate surface area is 356 Å². The first-order valence-corrected chi connectivity index (χ1v) is 18.8. The zero-order valence-electron chi connectivity index (χ0n) is 33.5. The van der Waals surface area contributed by atoms with Gasteiger partial charge in [-0.3, -0.25) is 29.1 Å². The van der Waals surface area contributed by atoms with Crippen LogP contribution in [0.2, 0.25) is 0 Å². The number of rotatable bonds is 18. The number of nitrogen functional groups attached to an aromatic ring is 1. The molecule has 4 aromatic heterocycles. The summed E-state index contributed by atoms with van der Waals surface area (Å²) in [6.07, 6.45) is 3.38. The van der Waals surface area contributed by atoms with E-state index in [1.165, 1.54) is 87.2 Å². The van der Waals surface area contributed by atoms with Gasteiger partial charge < -0.3 is 45.9 Å². The number of nitrogens with one attached hydrogen (secondary N) is 3. The third-order valence-corrected chi connectivity index (χ3v) is 8.87. The van der Waals surface area contributed by atoms with Gasteiger partial charge in [-0.2, -0.15) is 4.98 Å². The van der Waals surface area contributed by atoms with E-state index in [-0.39, 0.29) is 58.3 Å². The number of hydroxylamine groups is 1. The maximum absolute atomic E-state index is 13.5. The van der Waals surface area contributed by atoms with E-state index in [0.717, 1.165) is 11.3 Å². The molecule has 4 heterocycles. The van der Waals surface area contributed by atoms with E-state index >= 15 is 0 Å². The van der Waals surface area contributed by atoms with Crippen molar-refractivity contribution in [3.63, 3.8) is 0 Å². The lowest BCUT2D eigenvalue weighted by atomic mass is 9.87. The summed E-state index contributed by atoms with van der Waals surface area (Å²) in [5.41, 5.74) is 3.63. The minimum absolute atomic E-state index is 0.0129. The molecule has 2 atom stereocenters. The Bertz CT molecular complexity index is 2540. The Hall–Kier alpha value is -8.05. The van der Waals surface area contributed by atoms with Crippen molar-refractivity contribution in [1.29, 1.82) is 0 Å². The normalized spacial score (nSPS) is 12.0. The van der Waals surface area contributed by atoms with Gasteiger partial charge in [-0.05, 0) is 55.0 Å². The molecule has 63 heavy (non-hydrogen) atoms. The van der Waals surface area contributed by atoms with Gasteiger partial charge in [0.15, 0.2) is 11.2 Å². The quantitative estimate of drug-likeness (QED) is 0.0386. The second-order valence-corrected chi connectivity index (χ2v) is 14.1. The number of anilines is 2. The number of aliphatic hydroxyl groups is 2. The topological polar surface area (TPSA) is 338 Å². The summed E-state index contributed by atoms with van der Waals surface area (Å²) >= 11 is 0. The molecule has 1 aromatic carbocycles. The smallest absolute Gasteiger partial charge is 0.347 e. The Morgan fingerprint density at radius 1 is 0.857 bits per heavy atom. The van der Waals surface area contributed by atoms with Crippen molar-refractivity contribution in [3.05, 3.63) is 112 Å². The Morgan fingerprint density at radius 2 is 1.51 bits per heavy atom. The molecule has 0 spiro atoms. The lowest BCUT2D eigenvalue weighted by Gasteiger charge is -2.27. The molecular formula is C40H40N10O13. The molecule has 0 radical (unpaired) electrons. The van der Waals surface area contributed by atoms with Crippen LogP contribution in [0.15, 0.2) is 84.3 Å². The van der Waals surface area contributed by atoms with Crippen molar-refractivity contribution >= 4 is 64.5 Å². The lowest BCUT2D eigenvalue weighted by Crippen LogP contribution is -2.46. The van der Waals surface area contributed by atoms with Crippen LogP contribution in [0.1, 0.15) is 69.9 Å². The Kier molecular flexibility index (Phi) is 15.3. The van der Waals surface area contributed by atoms with E-state index in [1.807, 2.05) is 0 Å². The van der Waals surface area contributed by atoms with Crippen molar-refractivity contribution in [2.45, 2.75) is 51.8 Å². The third kappa shape index (κ3) is 12.7. The number of benzene rings is 1. The number of aromatic amines is 1. The van der Waals surface area contributed by atoms with Gasteiger partial charge in [-0.1, -0.05) is 13.8 Å². The average molecular weight is 869 g/mol. The highest BCUT2D eigenvalue weighted by atomic mass is 16.7. The predicted octanol–water partition coefficient (Wildman–Crippen LogP) is 0.0816. The molecule has 0 saturated carbocycles. The maximum atomic E-state index is 13.5. The molecule has 5 rings (SSSR count). The van der Waals surface area contributed by atoms with Crippen LogP contribution in [-0.4, -0.2) is 107 Å². The highest BCUT2D eigenvalue weighted by Crippen LogP contribution is 2.21. The number of nitrogens with two attached hydrogens (primary N) is 1. The lowest BCUT2D eigenvalue weighted by molar-refractivity contribution is -0.146. The van der Waals surface area contributed by atoms with Crippen molar-refractivity contribution < 1.29 is 58.1 Å². The molecule has 0 aliphatic carbocycles. The van der Waals surface area contributed by atoms with Gasteiger partial charge in [0.25, 0.3) is 5.91 Å². The summed E-state index contributed by atoms with van der Waals surface area (Å²) in [7, 11) is 0. The molecule has 7 N–H and O–H groups in total. The van der Waals surface area contributed by atoms with E-state index in [1.54, 1.807) is 0 Å². The zero-order chi connectivity index (χ0) is 45.7. The second kappa shape index (κ2) is 21.0. The molecule has 328 valence electrons. The molecule has 0 aliphatic rings. The molecule has 2 amide bonds. The number of fused-ring (bicyclic) bond motifs is 1. The van der Waals surface area contributed by atoms with Crippen LogP contribution in [0, 0.1) is 5.41 Å². The number of ether oxygens (including phenoxy) is 2. The number of carbonyl (C=O) groups excluding carboxylic acids is 7. The van der Waals surface area contributed by atoms with Crippen LogP contribution in [-0.2, 0) is 40.0 Å². The third-order valence-electron chi connectivity index (χ3n) is 8.87. The number of H-pyrrole nitrogens is 1. The van der Waals surface area contributed by atoms with Gasteiger partial charge in [0.2, 0.25) is 11.9 Å². The number of hydrogen-bond donors (Lipinski definition) is 6. The van der Waals surface area contributed by atoms with Gasteiger partial charge in [0, 0.05) is 48.7 Å². The van der Waals surface area contributed by atoms with E-state index in [2.05, 4.69) is 40.5 Å². The number of amides is 2. The molecule has 0 unspecified atom stereocenters. The van der Waals surface area contributed by atoms with Crippen molar-refractivity contribution in [2.75, 3.05) is 23.9 Å². The van der Waals surface area contributed by atoms with Crippen LogP contribution < -0.4 is 27.0 Å². The molecule has 23 nitrogen and oxygen atoms in total. The summed E-state index contributed by atoms with van der Waals surface area (Å²) in [6.45, 7) is 1.87. The van der Waals surface area contributed by atoms with Crippen LogP contribution in [0.3, 0.4) is 0 Å². The molecule has 0 saturated heterocycles. The first-order chi connectivity index (χ1) is 30.0. The summed E-state index contributed by atoms with van der Waals surface area (Å²) in [6, 6.07) is 9.23. The fourth-order valence-corrected chi connectivity index (χ4v) is 5.31.